The van der Waals surface area contributed by atoms with Crippen molar-refractivity contribution in [3.8, 4) is 28.6 Å². The Labute approximate surface area is 267 Å². The van der Waals surface area contributed by atoms with Crippen LogP contribution in [0.25, 0.3) is 17.1 Å². The summed E-state index contributed by atoms with van der Waals surface area (Å²) < 4.78 is 88.8. The van der Waals surface area contributed by atoms with Crippen LogP contribution in [-0.4, -0.2) is 57.0 Å². The van der Waals surface area contributed by atoms with Gasteiger partial charge in [-0.2, -0.15) is 26.9 Å². The lowest BCUT2D eigenvalue weighted by atomic mass is 10.00. The number of carbonyl (C=O) groups is 2. The summed E-state index contributed by atoms with van der Waals surface area (Å²) in [6.45, 7) is 3.91. The van der Waals surface area contributed by atoms with Crippen LogP contribution in [0, 0.1) is 5.82 Å². The molecule has 0 saturated carbocycles. The SMILES string of the molecule is COc1ccc(C(C)C)c(N2C(=O)CSC2=NC(=O)Nc2ccc(-c3ncn(-c4ccc(OC(F)(F)C(F)(F)F)cc4)n3)cc2F)c1. The topological polar surface area (TPSA) is 111 Å². The molecule has 4 aromatic rings. The molecule has 3 amide bonds. The number of methoxy groups -OCH3 is 1. The third-order valence-corrected chi connectivity index (χ3v) is 7.62. The van der Waals surface area contributed by atoms with Crippen molar-refractivity contribution in [1.29, 1.82) is 0 Å². The quantitative estimate of drug-likeness (QED) is 0.193. The molecule has 47 heavy (non-hydrogen) atoms. The fourth-order valence-electron chi connectivity index (χ4n) is 4.39. The Morgan fingerprint density at radius 1 is 1.02 bits per heavy atom. The molecule has 1 saturated heterocycles. The lowest BCUT2D eigenvalue weighted by Crippen LogP contribution is -2.41. The summed E-state index contributed by atoms with van der Waals surface area (Å²) in [5.41, 5.74) is 1.60. The molecule has 1 aliphatic rings. The third kappa shape index (κ3) is 7.19. The molecule has 0 unspecified atom stereocenters. The number of ether oxygens (including phenoxy) is 2. The summed E-state index contributed by atoms with van der Waals surface area (Å²) in [5, 5.41) is 6.66. The lowest BCUT2D eigenvalue weighted by Gasteiger charge is -2.22. The highest BCUT2D eigenvalue weighted by Crippen LogP contribution is 2.38. The summed E-state index contributed by atoms with van der Waals surface area (Å²) in [6, 6.07) is 12.3. The number of hydrogen-bond donors (Lipinski definition) is 1. The number of amides is 3. The summed E-state index contributed by atoms with van der Waals surface area (Å²) >= 11 is 1.06. The van der Waals surface area contributed by atoms with Gasteiger partial charge in [0.05, 0.1) is 29.9 Å². The molecular weight excluding hydrogens is 654 g/mol. The molecule has 1 aromatic heterocycles. The van der Waals surface area contributed by atoms with E-state index in [4.69, 9.17) is 4.74 Å². The number of anilines is 2. The molecule has 0 spiro atoms. The van der Waals surface area contributed by atoms with E-state index in [1.54, 1.807) is 12.1 Å². The van der Waals surface area contributed by atoms with Gasteiger partial charge in [-0.15, -0.1) is 5.10 Å². The second-order valence-electron chi connectivity index (χ2n) is 10.2. The fraction of sp³-hybridized carbons (Fsp3) is 0.233. The summed E-state index contributed by atoms with van der Waals surface area (Å²) in [4.78, 5) is 35.1. The molecule has 1 aliphatic heterocycles. The zero-order chi connectivity index (χ0) is 34.1. The molecule has 3 aromatic carbocycles. The fourth-order valence-corrected chi connectivity index (χ4v) is 5.25. The average molecular weight is 679 g/mol. The first-order valence-electron chi connectivity index (χ1n) is 13.7. The minimum atomic E-state index is -5.89. The van der Waals surface area contributed by atoms with Gasteiger partial charge in [-0.1, -0.05) is 31.7 Å². The van der Waals surface area contributed by atoms with E-state index in [1.807, 2.05) is 19.9 Å². The van der Waals surface area contributed by atoms with Crippen LogP contribution in [0.5, 0.6) is 11.5 Å². The van der Waals surface area contributed by atoms with Crippen LogP contribution in [-0.2, 0) is 4.79 Å². The van der Waals surface area contributed by atoms with Crippen LogP contribution < -0.4 is 19.7 Å². The Bertz CT molecular complexity index is 1850. The Morgan fingerprint density at radius 3 is 2.36 bits per heavy atom. The molecule has 17 heteroatoms. The van der Waals surface area contributed by atoms with Gasteiger partial charge in [0.15, 0.2) is 11.0 Å². The van der Waals surface area contributed by atoms with Gasteiger partial charge < -0.3 is 14.8 Å². The maximum absolute atomic E-state index is 15.1. The first kappa shape index (κ1) is 33.3. The molecule has 1 N–H and O–H groups in total. The normalized spacial score (nSPS) is 14.6. The molecule has 0 aliphatic carbocycles. The Hall–Kier alpha value is -5.06. The molecule has 5 rings (SSSR count). The molecule has 0 bridgehead atoms. The number of aliphatic imine (C=N–C) groups is 1. The number of nitrogens with zero attached hydrogens (tertiary/aromatic N) is 5. The average Bonchev–Trinajstić information content (AvgIpc) is 3.64. The van der Waals surface area contributed by atoms with E-state index in [1.165, 1.54) is 47.3 Å². The number of urea groups is 1. The van der Waals surface area contributed by atoms with Crippen molar-refractivity contribution < 1.29 is 45.4 Å². The molecule has 0 atom stereocenters. The maximum atomic E-state index is 15.1. The Morgan fingerprint density at radius 2 is 1.72 bits per heavy atom. The smallest absolute Gasteiger partial charge is 0.497 e. The summed E-state index contributed by atoms with van der Waals surface area (Å²) in [5.74, 6) is -1.21. The molecule has 246 valence electrons. The van der Waals surface area contributed by atoms with Crippen LogP contribution in [0.3, 0.4) is 0 Å². The van der Waals surface area contributed by atoms with Crippen LogP contribution in [0.4, 0.5) is 42.5 Å². The first-order valence-corrected chi connectivity index (χ1v) is 14.6. The zero-order valence-electron chi connectivity index (χ0n) is 24.7. The number of hydrogen-bond acceptors (Lipinski definition) is 7. The van der Waals surface area contributed by atoms with Gasteiger partial charge in [0.2, 0.25) is 5.91 Å². The maximum Gasteiger partial charge on any atom is 0.499 e. The van der Waals surface area contributed by atoms with E-state index in [0.29, 0.717) is 11.4 Å². The van der Waals surface area contributed by atoms with Crippen molar-refractivity contribution in [1.82, 2.24) is 14.8 Å². The van der Waals surface area contributed by atoms with E-state index < -0.39 is 29.9 Å². The number of carbonyl (C=O) groups excluding carboxylic acids is 2. The van der Waals surface area contributed by atoms with Gasteiger partial charge in [0.1, 0.15) is 23.6 Å². The van der Waals surface area contributed by atoms with Crippen LogP contribution >= 0.6 is 11.8 Å². The second-order valence-corrected chi connectivity index (χ2v) is 11.2. The molecule has 10 nitrogen and oxygen atoms in total. The standard InChI is InChI=1S/C30H24F6N6O4S/c1-16(2)21-10-9-20(45-3)13-24(21)42-25(43)14-47-28(42)39-27(44)38-23-11-4-17(12-22(23)31)26-37-15-41(40-26)18-5-7-19(8-6-18)46-30(35,36)29(32,33)34/h4-13,15-16H,14H2,1-3H3,(H,38,44). The lowest BCUT2D eigenvalue weighted by molar-refractivity contribution is -0.360. The van der Waals surface area contributed by atoms with Gasteiger partial charge in [-0.25, -0.2) is 18.9 Å². The van der Waals surface area contributed by atoms with E-state index in [9.17, 15) is 31.5 Å². The monoisotopic (exact) mass is 678 g/mol. The summed E-state index contributed by atoms with van der Waals surface area (Å²) in [7, 11) is 1.49. The van der Waals surface area contributed by atoms with Gasteiger partial charge in [0, 0.05) is 11.6 Å². The van der Waals surface area contributed by atoms with Crippen LogP contribution in [0.1, 0.15) is 25.3 Å². The molecular formula is C30H24F6N6O4S. The number of aromatic nitrogens is 3. The number of halogens is 6. The largest absolute Gasteiger partial charge is 0.499 e. The highest BCUT2D eigenvalue weighted by atomic mass is 32.2. The highest BCUT2D eigenvalue weighted by molar-refractivity contribution is 8.15. The van der Waals surface area contributed by atoms with Crippen molar-refractivity contribution in [3.63, 3.8) is 0 Å². The molecule has 2 heterocycles. The van der Waals surface area contributed by atoms with Gasteiger partial charge >= 0.3 is 18.3 Å². The molecule has 1 fully saturated rings. The number of thioether (sulfide) groups is 1. The minimum absolute atomic E-state index is 0.0422. The predicted octanol–water partition coefficient (Wildman–Crippen LogP) is 7.41. The Kier molecular flexibility index (Phi) is 9.20. The minimum Gasteiger partial charge on any atom is -0.497 e. The van der Waals surface area contributed by atoms with Crippen molar-refractivity contribution in [2.45, 2.75) is 32.1 Å². The van der Waals surface area contributed by atoms with Crippen molar-refractivity contribution in [3.05, 3.63) is 78.4 Å². The first-order chi connectivity index (χ1) is 22.2. The van der Waals surface area contributed by atoms with Crippen LogP contribution in [0.2, 0.25) is 0 Å². The summed E-state index contributed by atoms with van der Waals surface area (Å²) in [6.07, 6.45) is -10.0. The highest BCUT2D eigenvalue weighted by Gasteiger charge is 2.61. The Balaban J connectivity index is 1.30. The van der Waals surface area contributed by atoms with Crippen molar-refractivity contribution in [2.24, 2.45) is 4.99 Å². The number of benzene rings is 3. The van der Waals surface area contributed by atoms with Gasteiger partial charge in [-0.3, -0.25) is 9.69 Å². The molecule has 0 radical (unpaired) electrons. The van der Waals surface area contributed by atoms with E-state index in [0.717, 1.165) is 35.5 Å². The van der Waals surface area contributed by atoms with E-state index >= 15 is 4.39 Å². The number of rotatable bonds is 8. The van der Waals surface area contributed by atoms with Gasteiger partial charge in [-0.05, 0) is 60.0 Å². The number of amidine groups is 1. The van der Waals surface area contributed by atoms with Crippen molar-refractivity contribution in [2.75, 3.05) is 23.1 Å². The number of alkyl halides is 5. The number of nitrogens with one attached hydrogen (secondary N) is 1. The second kappa shape index (κ2) is 13.0. The van der Waals surface area contributed by atoms with Crippen molar-refractivity contribution >= 4 is 40.2 Å². The predicted molar refractivity (Wildman–Crippen MR) is 162 cm³/mol. The van der Waals surface area contributed by atoms with Crippen LogP contribution in [0.15, 0.2) is 72.0 Å². The van der Waals surface area contributed by atoms with E-state index in [2.05, 4.69) is 25.1 Å². The third-order valence-electron chi connectivity index (χ3n) is 6.70. The van der Waals surface area contributed by atoms with E-state index in [-0.39, 0.29) is 45.5 Å². The zero-order valence-corrected chi connectivity index (χ0v) is 25.5. The van der Waals surface area contributed by atoms with Gasteiger partial charge in [0.25, 0.3) is 0 Å².